The van der Waals surface area contributed by atoms with Crippen molar-refractivity contribution in [2.75, 3.05) is 5.73 Å². The highest BCUT2D eigenvalue weighted by molar-refractivity contribution is 6.36. The van der Waals surface area contributed by atoms with Gasteiger partial charge < -0.3 is 10.3 Å². The van der Waals surface area contributed by atoms with E-state index in [1.54, 1.807) is 12.3 Å². The number of aromatic nitrogens is 3. The zero-order valence-electron chi connectivity index (χ0n) is 8.61. The van der Waals surface area contributed by atoms with Crippen LogP contribution in [0, 0.1) is 0 Å². The van der Waals surface area contributed by atoms with Gasteiger partial charge in [0, 0.05) is 25.9 Å². The number of hydrogen-bond acceptors (Lipinski definition) is 3. The van der Waals surface area contributed by atoms with Crippen molar-refractivity contribution in [3.63, 3.8) is 0 Å². The van der Waals surface area contributed by atoms with Crippen molar-refractivity contribution in [3.8, 4) is 0 Å². The molecule has 16 heavy (non-hydrogen) atoms. The van der Waals surface area contributed by atoms with Crippen LogP contribution in [0.2, 0.25) is 10.0 Å². The Morgan fingerprint density at radius 3 is 2.75 bits per heavy atom. The van der Waals surface area contributed by atoms with Crippen LogP contribution < -0.4 is 5.73 Å². The summed E-state index contributed by atoms with van der Waals surface area (Å²) in [6.07, 6.45) is 4.12. The fourth-order valence-electron chi connectivity index (χ4n) is 1.36. The molecule has 2 aromatic rings. The number of imidazole rings is 1. The quantitative estimate of drug-likeness (QED) is 0.897. The molecule has 0 radical (unpaired) electrons. The molecule has 2 rings (SSSR count). The van der Waals surface area contributed by atoms with Crippen molar-refractivity contribution >= 4 is 29.0 Å². The summed E-state index contributed by atoms with van der Waals surface area (Å²) in [5.74, 6) is 1.16. The first-order valence-electron chi connectivity index (χ1n) is 4.64. The molecule has 0 amide bonds. The lowest BCUT2D eigenvalue weighted by Gasteiger charge is -2.06. The Labute approximate surface area is 103 Å². The van der Waals surface area contributed by atoms with Crippen molar-refractivity contribution in [2.24, 2.45) is 7.05 Å². The van der Waals surface area contributed by atoms with Crippen LogP contribution >= 0.6 is 23.2 Å². The van der Waals surface area contributed by atoms with Gasteiger partial charge in [0.1, 0.15) is 11.6 Å². The molecular formula is C10H10Cl2N4. The highest BCUT2D eigenvalue weighted by Gasteiger charge is 2.10. The molecule has 6 heteroatoms. The van der Waals surface area contributed by atoms with E-state index in [4.69, 9.17) is 28.9 Å². The molecule has 0 aromatic carbocycles. The normalized spacial score (nSPS) is 10.7. The van der Waals surface area contributed by atoms with E-state index in [1.807, 2.05) is 17.8 Å². The fourth-order valence-corrected chi connectivity index (χ4v) is 1.79. The molecule has 0 aliphatic rings. The number of rotatable bonds is 2. The number of aryl methyl sites for hydroxylation is 1. The first-order valence-corrected chi connectivity index (χ1v) is 5.40. The zero-order valence-corrected chi connectivity index (χ0v) is 10.1. The molecule has 0 unspecified atom stereocenters. The summed E-state index contributed by atoms with van der Waals surface area (Å²) in [7, 11) is 1.91. The maximum absolute atomic E-state index is 6.03. The Kier molecular flexibility index (Phi) is 3.03. The number of hydrogen-bond donors (Lipinski definition) is 1. The van der Waals surface area contributed by atoms with Gasteiger partial charge in [-0.1, -0.05) is 23.2 Å². The van der Waals surface area contributed by atoms with E-state index in [1.165, 1.54) is 0 Å². The number of anilines is 1. The van der Waals surface area contributed by atoms with E-state index in [-0.39, 0.29) is 5.82 Å². The number of nitrogens with two attached hydrogens (primary N) is 1. The SMILES string of the molecule is Cn1ccnc1Cc1nc(N)c(Cl)cc1Cl. The number of nitrogens with zero attached hydrogens (tertiary/aromatic N) is 3. The second kappa shape index (κ2) is 4.31. The fraction of sp³-hybridized carbons (Fsp3) is 0.200. The number of halogens is 2. The van der Waals surface area contributed by atoms with Gasteiger partial charge in [0.2, 0.25) is 0 Å². The molecule has 2 heterocycles. The third-order valence-corrected chi connectivity index (χ3v) is 2.91. The average Bonchev–Trinajstić information content (AvgIpc) is 2.61. The molecule has 0 bridgehead atoms. The van der Waals surface area contributed by atoms with Crippen LogP contribution in [0.5, 0.6) is 0 Å². The standard InChI is InChI=1S/C10H10Cl2N4/c1-16-3-2-14-9(16)5-8-6(11)4-7(12)10(13)15-8/h2-4H,5H2,1H3,(H2,13,15). The summed E-state index contributed by atoms with van der Waals surface area (Å²) in [6, 6.07) is 1.60. The Balaban J connectivity index is 2.35. The van der Waals surface area contributed by atoms with Gasteiger partial charge in [0.15, 0.2) is 0 Å². The third-order valence-electron chi connectivity index (χ3n) is 2.28. The average molecular weight is 257 g/mol. The highest BCUT2D eigenvalue weighted by atomic mass is 35.5. The predicted molar refractivity (Wildman–Crippen MR) is 64.7 cm³/mol. The molecule has 0 saturated heterocycles. The molecule has 84 valence electrons. The largest absolute Gasteiger partial charge is 0.382 e. The van der Waals surface area contributed by atoms with E-state index in [9.17, 15) is 0 Å². The molecule has 0 aliphatic heterocycles. The second-order valence-electron chi connectivity index (χ2n) is 3.42. The van der Waals surface area contributed by atoms with E-state index in [0.29, 0.717) is 22.2 Å². The van der Waals surface area contributed by atoms with E-state index >= 15 is 0 Å². The van der Waals surface area contributed by atoms with Crippen molar-refractivity contribution in [1.82, 2.24) is 14.5 Å². The molecule has 0 atom stereocenters. The van der Waals surface area contributed by atoms with Crippen LogP contribution in [0.25, 0.3) is 0 Å². The first-order chi connectivity index (χ1) is 7.58. The molecular weight excluding hydrogens is 247 g/mol. The minimum Gasteiger partial charge on any atom is -0.382 e. The minimum absolute atomic E-state index is 0.287. The van der Waals surface area contributed by atoms with Crippen LogP contribution in [-0.4, -0.2) is 14.5 Å². The molecule has 0 saturated carbocycles. The summed E-state index contributed by atoms with van der Waals surface area (Å²) in [5, 5.41) is 0.871. The van der Waals surface area contributed by atoms with Gasteiger partial charge in [-0.25, -0.2) is 9.97 Å². The Hall–Kier alpha value is -1.26. The lowest BCUT2D eigenvalue weighted by molar-refractivity contribution is 0.812. The zero-order chi connectivity index (χ0) is 11.7. The number of nitrogen functional groups attached to an aromatic ring is 1. The highest BCUT2D eigenvalue weighted by Crippen LogP contribution is 2.25. The van der Waals surface area contributed by atoms with Gasteiger partial charge in [0.05, 0.1) is 15.7 Å². The second-order valence-corrected chi connectivity index (χ2v) is 4.23. The maximum Gasteiger partial charge on any atom is 0.142 e. The van der Waals surface area contributed by atoms with Gasteiger partial charge in [-0.15, -0.1) is 0 Å². The lowest BCUT2D eigenvalue weighted by atomic mass is 10.2. The van der Waals surface area contributed by atoms with Gasteiger partial charge in [-0.05, 0) is 6.07 Å². The van der Waals surface area contributed by atoms with Gasteiger partial charge in [0.25, 0.3) is 0 Å². The third kappa shape index (κ3) is 2.13. The van der Waals surface area contributed by atoms with Crippen LogP contribution in [0.3, 0.4) is 0 Å². The minimum atomic E-state index is 0.287. The van der Waals surface area contributed by atoms with Gasteiger partial charge in [-0.2, -0.15) is 0 Å². The van der Waals surface area contributed by atoms with Crippen LogP contribution in [-0.2, 0) is 13.5 Å². The lowest BCUT2D eigenvalue weighted by Crippen LogP contribution is -2.03. The Morgan fingerprint density at radius 2 is 2.12 bits per heavy atom. The van der Waals surface area contributed by atoms with E-state index in [2.05, 4.69) is 9.97 Å². The van der Waals surface area contributed by atoms with E-state index in [0.717, 1.165) is 5.82 Å². The summed E-state index contributed by atoms with van der Waals surface area (Å²) in [6.45, 7) is 0. The van der Waals surface area contributed by atoms with Gasteiger partial charge in [-0.3, -0.25) is 0 Å². The molecule has 4 nitrogen and oxygen atoms in total. The van der Waals surface area contributed by atoms with Crippen LogP contribution in [0.15, 0.2) is 18.5 Å². The van der Waals surface area contributed by atoms with Crippen molar-refractivity contribution in [2.45, 2.75) is 6.42 Å². The molecule has 0 aliphatic carbocycles. The molecule has 0 spiro atoms. The summed E-state index contributed by atoms with van der Waals surface area (Å²) >= 11 is 11.8. The van der Waals surface area contributed by atoms with Crippen molar-refractivity contribution < 1.29 is 0 Å². The smallest absolute Gasteiger partial charge is 0.142 e. The molecule has 0 fully saturated rings. The number of pyridine rings is 1. The van der Waals surface area contributed by atoms with E-state index < -0.39 is 0 Å². The Morgan fingerprint density at radius 1 is 1.38 bits per heavy atom. The monoisotopic (exact) mass is 256 g/mol. The van der Waals surface area contributed by atoms with Crippen LogP contribution in [0.4, 0.5) is 5.82 Å². The molecule has 2 N–H and O–H groups in total. The van der Waals surface area contributed by atoms with Crippen molar-refractivity contribution in [3.05, 3.63) is 40.0 Å². The summed E-state index contributed by atoms with van der Waals surface area (Å²) in [4.78, 5) is 8.34. The Bertz CT molecular complexity index is 522. The molecule has 2 aromatic heterocycles. The van der Waals surface area contributed by atoms with Gasteiger partial charge >= 0.3 is 0 Å². The first kappa shape index (κ1) is 11.2. The summed E-state index contributed by atoms with van der Waals surface area (Å²) < 4.78 is 1.91. The van der Waals surface area contributed by atoms with Crippen molar-refractivity contribution in [1.29, 1.82) is 0 Å². The summed E-state index contributed by atoms with van der Waals surface area (Å²) in [5.41, 5.74) is 6.31. The maximum atomic E-state index is 6.03. The topological polar surface area (TPSA) is 56.7 Å². The van der Waals surface area contributed by atoms with Crippen LogP contribution in [0.1, 0.15) is 11.5 Å². The predicted octanol–water partition coefficient (Wildman–Crippen LogP) is 2.29.